The Bertz CT molecular complexity index is 703. The summed E-state index contributed by atoms with van der Waals surface area (Å²) < 4.78 is 0. The van der Waals surface area contributed by atoms with Gasteiger partial charge >= 0.3 is 0 Å². The number of phenolic OH excluding ortho intramolecular Hbond substituents is 1. The SMILES string of the molecule is O=C(N/N=C\C1CCCCC1)c1c(O)ccc2ccccc12. The molecule has 0 bridgehead atoms. The smallest absolute Gasteiger partial charge is 0.275 e. The van der Waals surface area contributed by atoms with Crippen molar-refractivity contribution >= 4 is 22.9 Å². The van der Waals surface area contributed by atoms with Crippen LogP contribution in [0.2, 0.25) is 0 Å². The number of carbonyl (C=O) groups excluding carboxylic acids is 1. The van der Waals surface area contributed by atoms with Crippen LogP contribution >= 0.6 is 0 Å². The van der Waals surface area contributed by atoms with Crippen molar-refractivity contribution in [1.29, 1.82) is 0 Å². The van der Waals surface area contributed by atoms with Crippen LogP contribution in [0.25, 0.3) is 10.8 Å². The maximum atomic E-state index is 12.3. The molecule has 1 aliphatic carbocycles. The minimum atomic E-state index is -0.374. The molecule has 0 unspecified atom stereocenters. The number of rotatable bonds is 3. The van der Waals surface area contributed by atoms with E-state index in [0.717, 1.165) is 23.6 Å². The first-order valence-electron chi connectivity index (χ1n) is 7.80. The van der Waals surface area contributed by atoms with E-state index in [9.17, 15) is 9.90 Å². The van der Waals surface area contributed by atoms with Crippen molar-refractivity contribution in [1.82, 2.24) is 5.43 Å². The minimum Gasteiger partial charge on any atom is -0.507 e. The quantitative estimate of drug-likeness (QED) is 0.667. The van der Waals surface area contributed by atoms with Crippen LogP contribution in [0, 0.1) is 5.92 Å². The van der Waals surface area contributed by atoms with Gasteiger partial charge in [-0.2, -0.15) is 5.10 Å². The second-order valence-electron chi connectivity index (χ2n) is 5.80. The predicted octanol–water partition coefficient (Wildman–Crippen LogP) is 3.84. The van der Waals surface area contributed by atoms with Crippen LogP contribution in [0.15, 0.2) is 41.5 Å². The Morgan fingerprint density at radius 3 is 2.73 bits per heavy atom. The number of benzene rings is 2. The molecule has 0 heterocycles. The third-order valence-electron chi connectivity index (χ3n) is 4.24. The van der Waals surface area contributed by atoms with Gasteiger partial charge in [0.25, 0.3) is 5.91 Å². The van der Waals surface area contributed by atoms with Gasteiger partial charge in [-0.25, -0.2) is 5.43 Å². The Hall–Kier alpha value is -2.36. The van der Waals surface area contributed by atoms with E-state index >= 15 is 0 Å². The lowest BCUT2D eigenvalue weighted by molar-refractivity contribution is 0.0954. The number of hydrazone groups is 1. The van der Waals surface area contributed by atoms with E-state index in [1.165, 1.54) is 19.3 Å². The van der Waals surface area contributed by atoms with E-state index in [-0.39, 0.29) is 17.2 Å². The highest BCUT2D eigenvalue weighted by molar-refractivity contribution is 6.09. The van der Waals surface area contributed by atoms with Crippen molar-refractivity contribution in [2.24, 2.45) is 11.0 Å². The number of nitrogens with zero attached hydrogens (tertiary/aromatic N) is 1. The number of amides is 1. The van der Waals surface area contributed by atoms with E-state index in [1.54, 1.807) is 12.1 Å². The molecule has 3 rings (SSSR count). The summed E-state index contributed by atoms with van der Waals surface area (Å²) in [6.45, 7) is 0. The molecular weight excluding hydrogens is 276 g/mol. The fourth-order valence-corrected chi connectivity index (χ4v) is 3.04. The summed E-state index contributed by atoms with van der Waals surface area (Å²) in [5, 5.41) is 15.7. The van der Waals surface area contributed by atoms with Gasteiger partial charge in [0.15, 0.2) is 0 Å². The maximum Gasteiger partial charge on any atom is 0.275 e. The number of hydrogen-bond acceptors (Lipinski definition) is 3. The van der Waals surface area contributed by atoms with Crippen LogP contribution < -0.4 is 5.43 Å². The molecule has 0 aromatic heterocycles. The molecule has 2 N–H and O–H groups in total. The van der Waals surface area contributed by atoms with E-state index in [2.05, 4.69) is 10.5 Å². The number of nitrogens with one attached hydrogen (secondary N) is 1. The third-order valence-corrected chi connectivity index (χ3v) is 4.24. The van der Waals surface area contributed by atoms with Gasteiger partial charge in [0, 0.05) is 6.21 Å². The van der Waals surface area contributed by atoms with Gasteiger partial charge in [-0.05, 0) is 35.6 Å². The maximum absolute atomic E-state index is 12.3. The fraction of sp³-hybridized carbons (Fsp3) is 0.333. The molecule has 0 atom stereocenters. The van der Waals surface area contributed by atoms with Gasteiger partial charge in [0.1, 0.15) is 5.75 Å². The second-order valence-corrected chi connectivity index (χ2v) is 5.80. The molecular formula is C18H20N2O2. The molecule has 2 aromatic rings. The molecule has 0 aliphatic heterocycles. The molecule has 2 aromatic carbocycles. The van der Waals surface area contributed by atoms with Crippen LogP contribution in [0.5, 0.6) is 5.75 Å². The van der Waals surface area contributed by atoms with Gasteiger partial charge < -0.3 is 5.11 Å². The first-order chi connectivity index (χ1) is 10.8. The first-order valence-corrected chi connectivity index (χ1v) is 7.80. The summed E-state index contributed by atoms with van der Waals surface area (Å²) in [5.74, 6) is 0.0561. The van der Waals surface area contributed by atoms with Gasteiger partial charge in [-0.1, -0.05) is 49.6 Å². The van der Waals surface area contributed by atoms with Gasteiger partial charge in [0.05, 0.1) is 5.56 Å². The normalized spacial score (nSPS) is 16.2. The van der Waals surface area contributed by atoms with Crippen LogP contribution in [0.1, 0.15) is 42.5 Å². The zero-order valence-corrected chi connectivity index (χ0v) is 12.5. The first kappa shape index (κ1) is 14.6. The van der Waals surface area contributed by atoms with Crippen LogP contribution in [-0.2, 0) is 0 Å². The van der Waals surface area contributed by atoms with Crippen LogP contribution in [0.3, 0.4) is 0 Å². The Morgan fingerprint density at radius 2 is 1.91 bits per heavy atom. The Morgan fingerprint density at radius 1 is 1.14 bits per heavy atom. The zero-order chi connectivity index (χ0) is 15.4. The van der Waals surface area contributed by atoms with Crippen molar-refractivity contribution in [3.8, 4) is 5.75 Å². The van der Waals surface area contributed by atoms with Crippen molar-refractivity contribution in [2.75, 3.05) is 0 Å². The zero-order valence-electron chi connectivity index (χ0n) is 12.5. The van der Waals surface area contributed by atoms with Crippen molar-refractivity contribution < 1.29 is 9.90 Å². The summed E-state index contributed by atoms with van der Waals surface area (Å²) in [6, 6.07) is 10.8. The Balaban J connectivity index is 1.77. The van der Waals surface area contributed by atoms with E-state index < -0.39 is 0 Å². The molecule has 1 saturated carbocycles. The average molecular weight is 296 g/mol. The topological polar surface area (TPSA) is 61.7 Å². The van der Waals surface area contributed by atoms with E-state index in [0.29, 0.717) is 5.92 Å². The molecule has 4 nitrogen and oxygen atoms in total. The van der Waals surface area contributed by atoms with Crippen LogP contribution in [-0.4, -0.2) is 17.2 Å². The molecule has 0 spiro atoms. The minimum absolute atomic E-state index is 0.0240. The number of fused-ring (bicyclic) bond motifs is 1. The number of aromatic hydroxyl groups is 1. The van der Waals surface area contributed by atoms with E-state index in [4.69, 9.17) is 0 Å². The highest BCUT2D eigenvalue weighted by Crippen LogP contribution is 2.27. The van der Waals surface area contributed by atoms with Gasteiger partial charge in [-0.15, -0.1) is 0 Å². The summed E-state index contributed by atoms with van der Waals surface area (Å²) in [5.41, 5.74) is 2.83. The lowest BCUT2D eigenvalue weighted by Gasteiger charge is -2.16. The number of carbonyl (C=O) groups is 1. The fourth-order valence-electron chi connectivity index (χ4n) is 3.04. The Kier molecular flexibility index (Phi) is 4.37. The lowest BCUT2D eigenvalue weighted by Crippen LogP contribution is -2.19. The standard InChI is InChI=1S/C18H20N2O2/c21-16-11-10-14-8-4-5-9-15(14)17(16)18(22)20-19-12-13-6-2-1-3-7-13/h4-5,8-13,21H,1-3,6-7H2,(H,20,22)/b19-12-. The molecule has 4 heteroatoms. The summed E-state index contributed by atoms with van der Waals surface area (Å²) in [7, 11) is 0. The highest BCUT2D eigenvalue weighted by atomic mass is 16.3. The molecule has 1 fully saturated rings. The van der Waals surface area contributed by atoms with Crippen molar-refractivity contribution in [3.63, 3.8) is 0 Å². The molecule has 0 saturated heterocycles. The second kappa shape index (κ2) is 6.60. The average Bonchev–Trinajstić information content (AvgIpc) is 2.55. The molecule has 22 heavy (non-hydrogen) atoms. The largest absolute Gasteiger partial charge is 0.507 e. The van der Waals surface area contributed by atoms with Gasteiger partial charge in [0.2, 0.25) is 0 Å². The third kappa shape index (κ3) is 3.11. The summed E-state index contributed by atoms with van der Waals surface area (Å²) in [6.07, 6.45) is 7.86. The van der Waals surface area contributed by atoms with Crippen molar-refractivity contribution in [3.05, 3.63) is 42.0 Å². The molecule has 114 valence electrons. The highest BCUT2D eigenvalue weighted by Gasteiger charge is 2.15. The van der Waals surface area contributed by atoms with Gasteiger partial charge in [-0.3, -0.25) is 4.79 Å². The molecule has 0 radical (unpaired) electrons. The molecule has 1 aliphatic rings. The predicted molar refractivity (Wildman–Crippen MR) is 88.1 cm³/mol. The van der Waals surface area contributed by atoms with Crippen molar-refractivity contribution in [2.45, 2.75) is 32.1 Å². The Labute approximate surface area is 129 Å². The monoisotopic (exact) mass is 296 g/mol. The van der Waals surface area contributed by atoms with E-state index in [1.807, 2.05) is 30.5 Å². The lowest BCUT2D eigenvalue weighted by atomic mass is 9.90. The molecule has 1 amide bonds. The summed E-state index contributed by atoms with van der Waals surface area (Å²) in [4.78, 5) is 12.3. The number of hydrogen-bond donors (Lipinski definition) is 2. The van der Waals surface area contributed by atoms with Crippen LogP contribution in [0.4, 0.5) is 0 Å². The summed E-state index contributed by atoms with van der Waals surface area (Å²) >= 11 is 0. The number of phenols is 1.